The molecule has 0 aliphatic rings. The molecule has 6 heteroatoms. The van der Waals surface area contributed by atoms with E-state index in [1.54, 1.807) is 17.6 Å². The van der Waals surface area contributed by atoms with Crippen LogP contribution in [-0.4, -0.2) is 16.5 Å². The van der Waals surface area contributed by atoms with Crippen molar-refractivity contribution in [1.82, 2.24) is 9.97 Å². The molecule has 0 spiro atoms. The Morgan fingerprint density at radius 1 is 1.40 bits per heavy atom. The minimum atomic E-state index is 0.312. The highest BCUT2D eigenvalue weighted by Gasteiger charge is 2.15. The van der Waals surface area contributed by atoms with E-state index < -0.39 is 0 Å². The molecule has 0 fully saturated rings. The van der Waals surface area contributed by atoms with E-state index in [1.165, 1.54) is 4.88 Å². The van der Waals surface area contributed by atoms with Crippen LogP contribution in [-0.2, 0) is 6.54 Å². The molecule has 3 aromatic rings. The summed E-state index contributed by atoms with van der Waals surface area (Å²) in [6.45, 7) is 5.65. The second kappa shape index (κ2) is 5.13. The number of nitrogens with zero attached hydrogens (tertiary/aromatic N) is 3. The average molecular weight is 288 g/mol. The number of nitrogens with two attached hydrogens (primary N) is 1. The van der Waals surface area contributed by atoms with E-state index in [9.17, 15) is 0 Å². The molecule has 0 saturated heterocycles. The molecule has 20 heavy (non-hydrogen) atoms. The zero-order chi connectivity index (χ0) is 14.1. The SMILES string of the molecule is CCN(Cc1ccco1)c1nc(N)nc2sc(C)cc12. The summed E-state index contributed by atoms with van der Waals surface area (Å²) in [4.78, 5) is 13.0. The number of fused-ring (bicyclic) bond motifs is 1. The van der Waals surface area contributed by atoms with Crippen LogP contribution < -0.4 is 10.6 Å². The summed E-state index contributed by atoms with van der Waals surface area (Å²) in [6, 6.07) is 5.96. The Hall–Kier alpha value is -2.08. The van der Waals surface area contributed by atoms with Crippen molar-refractivity contribution >= 4 is 33.3 Å². The van der Waals surface area contributed by atoms with Crippen LogP contribution in [0.4, 0.5) is 11.8 Å². The summed E-state index contributed by atoms with van der Waals surface area (Å²) in [6.07, 6.45) is 1.68. The average Bonchev–Trinajstić information content (AvgIpc) is 3.03. The van der Waals surface area contributed by atoms with Gasteiger partial charge in [0.05, 0.1) is 18.2 Å². The third kappa shape index (κ3) is 2.34. The molecule has 0 atom stereocenters. The molecule has 3 heterocycles. The van der Waals surface area contributed by atoms with Gasteiger partial charge in [0.2, 0.25) is 5.95 Å². The first-order valence-electron chi connectivity index (χ1n) is 6.48. The highest BCUT2D eigenvalue weighted by molar-refractivity contribution is 7.18. The zero-order valence-corrected chi connectivity index (χ0v) is 12.3. The lowest BCUT2D eigenvalue weighted by atomic mass is 10.3. The summed E-state index contributed by atoms with van der Waals surface area (Å²) in [5.74, 6) is 2.09. The van der Waals surface area contributed by atoms with Crippen LogP contribution in [0.15, 0.2) is 28.9 Å². The Balaban J connectivity index is 2.06. The molecule has 2 N–H and O–H groups in total. The second-order valence-corrected chi connectivity index (χ2v) is 5.81. The molecule has 0 aromatic carbocycles. The van der Waals surface area contributed by atoms with Crippen molar-refractivity contribution in [2.24, 2.45) is 0 Å². The standard InChI is InChI=1S/C14H16N4OS/c1-3-18(8-10-5-4-6-19-10)12-11-7-9(2)20-13(11)17-14(15)16-12/h4-7H,3,8H2,1-2H3,(H2,15,16,17). The van der Waals surface area contributed by atoms with Gasteiger partial charge >= 0.3 is 0 Å². The van der Waals surface area contributed by atoms with Gasteiger partial charge in [-0.05, 0) is 32.0 Å². The monoisotopic (exact) mass is 288 g/mol. The van der Waals surface area contributed by atoms with Crippen LogP contribution >= 0.6 is 11.3 Å². The summed E-state index contributed by atoms with van der Waals surface area (Å²) in [5, 5.41) is 1.05. The fraction of sp³-hybridized carbons (Fsp3) is 0.286. The molecule has 3 rings (SSSR count). The minimum absolute atomic E-state index is 0.312. The maximum atomic E-state index is 5.83. The van der Waals surface area contributed by atoms with Gasteiger partial charge in [-0.2, -0.15) is 4.98 Å². The predicted octanol–water partition coefficient (Wildman–Crippen LogP) is 3.20. The largest absolute Gasteiger partial charge is 0.467 e. The van der Waals surface area contributed by atoms with Gasteiger partial charge in [0, 0.05) is 11.4 Å². The van der Waals surface area contributed by atoms with Gasteiger partial charge in [-0.3, -0.25) is 0 Å². The highest BCUT2D eigenvalue weighted by Crippen LogP contribution is 2.31. The lowest BCUT2D eigenvalue weighted by molar-refractivity contribution is 0.503. The Bertz CT molecular complexity index is 720. The van der Waals surface area contributed by atoms with Crippen LogP contribution in [0.5, 0.6) is 0 Å². The first-order chi connectivity index (χ1) is 9.67. The van der Waals surface area contributed by atoms with Gasteiger partial charge in [-0.1, -0.05) is 0 Å². The number of hydrogen-bond donors (Lipinski definition) is 1. The van der Waals surface area contributed by atoms with E-state index in [0.717, 1.165) is 28.3 Å². The lowest BCUT2D eigenvalue weighted by Crippen LogP contribution is -2.23. The molecular weight excluding hydrogens is 272 g/mol. The van der Waals surface area contributed by atoms with E-state index >= 15 is 0 Å². The normalized spacial score (nSPS) is 11.1. The van der Waals surface area contributed by atoms with E-state index in [2.05, 4.69) is 34.8 Å². The molecule has 0 saturated carbocycles. The molecule has 0 unspecified atom stereocenters. The molecule has 3 aromatic heterocycles. The summed E-state index contributed by atoms with van der Waals surface area (Å²) >= 11 is 1.64. The Morgan fingerprint density at radius 3 is 2.95 bits per heavy atom. The maximum absolute atomic E-state index is 5.83. The maximum Gasteiger partial charge on any atom is 0.223 e. The quantitative estimate of drug-likeness (QED) is 0.798. The fourth-order valence-corrected chi connectivity index (χ4v) is 3.09. The van der Waals surface area contributed by atoms with Crippen LogP contribution in [0.1, 0.15) is 17.6 Å². The molecule has 0 bridgehead atoms. The number of anilines is 2. The topological polar surface area (TPSA) is 68.2 Å². The minimum Gasteiger partial charge on any atom is -0.467 e. The van der Waals surface area contributed by atoms with Gasteiger partial charge in [0.1, 0.15) is 16.4 Å². The fourth-order valence-electron chi connectivity index (χ4n) is 2.21. The molecule has 5 nitrogen and oxygen atoms in total. The predicted molar refractivity (Wildman–Crippen MR) is 82.0 cm³/mol. The summed E-state index contributed by atoms with van der Waals surface area (Å²) < 4.78 is 5.42. The summed E-state index contributed by atoms with van der Waals surface area (Å²) in [5.41, 5.74) is 5.83. The first kappa shape index (κ1) is 12.9. The Kier molecular flexibility index (Phi) is 3.31. The van der Waals surface area contributed by atoms with Crippen molar-refractivity contribution in [2.75, 3.05) is 17.2 Å². The van der Waals surface area contributed by atoms with E-state index in [4.69, 9.17) is 10.2 Å². The number of nitrogen functional groups attached to an aromatic ring is 1. The molecule has 104 valence electrons. The van der Waals surface area contributed by atoms with Crippen molar-refractivity contribution in [3.8, 4) is 0 Å². The third-order valence-corrected chi connectivity index (χ3v) is 4.07. The molecule has 0 radical (unpaired) electrons. The highest BCUT2D eigenvalue weighted by atomic mass is 32.1. The van der Waals surface area contributed by atoms with Gasteiger partial charge in [0.25, 0.3) is 0 Å². The Labute approximate surface area is 121 Å². The number of thiophene rings is 1. The van der Waals surface area contributed by atoms with Gasteiger partial charge < -0.3 is 15.1 Å². The number of furan rings is 1. The molecule has 0 aliphatic carbocycles. The van der Waals surface area contributed by atoms with E-state index in [-0.39, 0.29) is 0 Å². The third-order valence-electron chi connectivity index (χ3n) is 3.12. The summed E-state index contributed by atoms with van der Waals surface area (Å²) in [7, 11) is 0. The van der Waals surface area contributed by atoms with E-state index in [0.29, 0.717) is 12.5 Å². The van der Waals surface area contributed by atoms with Crippen molar-refractivity contribution in [3.05, 3.63) is 35.1 Å². The smallest absolute Gasteiger partial charge is 0.223 e. The Morgan fingerprint density at radius 2 is 2.25 bits per heavy atom. The molecular formula is C14H16N4OS. The van der Waals surface area contributed by atoms with Crippen LogP contribution in [0.2, 0.25) is 0 Å². The van der Waals surface area contributed by atoms with Gasteiger partial charge in [0.15, 0.2) is 0 Å². The number of aryl methyl sites for hydroxylation is 1. The number of hydrogen-bond acceptors (Lipinski definition) is 6. The zero-order valence-electron chi connectivity index (χ0n) is 11.5. The van der Waals surface area contributed by atoms with Gasteiger partial charge in [-0.15, -0.1) is 11.3 Å². The van der Waals surface area contributed by atoms with Crippen LogP contribution in [0.3, 0.4) is 0 Å². The lowest BCUT2D eigenvalue weighted by Gasteiger charge is -2.21. The second-order valence-electron chi connectivity index (χ2n) is 4.57. The van der Waals surface area contributed by atoms with Crippen molar-refractivity contribution < 1.29 is 4.42 Å². The van der Waals surface area contributed by atoms with Crippen molar-refractivity contribution in [1.29, 1.82) is 0 Å². The van der Waals surface area contributed by atoms with Crippen molar-refractivity contribution in [3.63, 3.8) is 0 Å². The van der Waals surface area contributed by atoms with Crippen LogP contribution in [0, 0.1) is 6.92 Å². The van der Waals surface area contributed by atoms with Crippen LogP contribution in [0.25, 0.3) is 10.2 Å². The van der Waals surface area contributed by atoms with Gasteiger partial charge in [-0.25, -0.2) is 4.98 Å². The first-order valence-corrected chi connectivity index (χ1v) is 7.30. The molecule has 0 amide bonds. The van der Waals surface area contributed by atoms with E-state index in [1.807, 2.05) is 12.1 Å². The van der Waals surface area contributed by atoms with Crippen molar-refractivity contribution in [2.45, 2.75) is 20.4 Å². The number of aromatic nitrogens is 2. The number of rotatable bonds is 4. The molecule has 0 aliphatic heterocycles.